The van der Waals surface area contributed by atoms with Crippen LogP contribution >= 0.6 is 7.60 Å². The third kappa shape index (κ3) is 4.35. The van der Waals surface area contributed by atoms with E-state index in [1.54, 1.807) is 0 Å². The topological polar surface area (TPSA) is 92.8 Å². The van der Waals surface area contributed by atoms with Crippen LogP contribution in [0.4, 0.5) is 13.2 Å². The van der Waals surface area contributed by atoms with Crippen LogP contribution in [0.5, 0.6) is 5.75 Å². The molecule has 9 heteroatoms. The van der Waals surface area contributed by atoms with Crippen molar-refractivity contribution in [3.8, 4) is 5.75 Å². The molecule has 4 N–H and O–H groups in total. The zero-order valence-corrected chi connectivity index (χ0v) is 9.15. The van der Waals surface area contributed by atoms with Gasteiger partial charge in [0, 0.05) is 0 Å². The summed E-state index contributed by atoms with van der Waals surface area (Å²) in [4.78, 5) is 17.5. The van der Waals surface area contributed by atoms with Gasteiger partial charge >= 0.3 is 14.0 Å². The molecule has 0 aliphatic carbocycles. The summed E-state index contributed by atoms with van der Waals surface area (Å²) < 4.78 is 49.8. The van der Waals surface area contributed by atoms with E-state index in [1.165, 1.54) is 0 Å². The molecule has 0 aliphatic rings. The SMILES string of the molecule is NC(c1ccc(OC(F)(F)F)cc1)P(=O)(O)O. The molecular formula is C8H9F3NO4P. The molecule has 5 nitrogen and oxygen atoms in total. The van der Waals surface area contributed by atoms with E-state index in [-0.39, 0.29) is 5.56 Å². The van der Waals surface area contributed by atoms with Gasteiger partial charge in [0.1, 0.15) is 11.5 Å². The van der Waals surface area contributed by atoms with Crippen LogP contribution in [0, 0.1) is 0 Å². The van der Waals surface area contributed by atoms with E-state index in [9.17, 15) is 17.7 Å². The Morgan fingerprint density at radius 2 is 1.71 bits per heavy atom. The summed E-state index contributed by atoms with van der Waals surface area (Å²) in [6.07, 6.45) is -4.81. The lowest BCUT2D eigenvalue weighted by atomic mass is 10.2. The van der Waals surface area contributed by atoms with E-state index in [2.05, 4.69) is 4.74 Å². The van der Waals surface area contributed by atoms with E-state index < -0.39 is 25.5 Å². The number of halogens is 3. The van der Waals surface area contributed by atoms with Gasteiger partial charge in [0.25, 0.3) is 0 Å². The fraction of sp³-hybridized carbons (Fsp3) is 0.250. The first-order chi connectivity index (χ1) is 7.59. The fourth-order valence-electron chi connectivity index (χ4n) is 1.06. The first-order valence-electron chi connectivity index (χ1n) is 4.26. The molecule has 0 spiro atoms. The van der Waals surface area contributed by atoms with Gasteiger partial charge in [0.15, 0.2) is 0 Å². The first kappa shape index (κ1) is 14.0. The molecule has 17 heavy (non-hydrogen) atoms. The number of alkyl halides is 3. The molecule has 0 amide bonds. The summed E-state index contributed by atoms with van der Waals surface area (Å²) in [5.74, 6) is -2.05. The molecule has 0 aliphatic heterocycles. The van der Waals surface area contributed by atoms with Crippen molar-refractivity contribution in [3.05, 3.63) is 29.8 Å². The number of hydrogen-bond donors (Lipinski definition) is 3. The van der Waals surface area contributed by atoms with E-state index >= 15 is 0 Å². The van der Waals surface area contributed by atoms with Crippen LogP contribution in [0.1, 0.15) is 11.3 Å². The van der Waals surface area contributed by atoms with Crippen molar-refractivity contribution in [1.29, 1.82) is 0 Å². The van der Waals surface area contributed by atoms with Crippen molar-refractivity contribution >= 4 is 7.60 Å². The molecule has 1 aromatic rings. The summed E-state index contributed by atoms with van der Waals surface area (Å²) >= 11 is 0. The largest absolute Gasteiger partial charge is 0.573 e. The van der Waals surface area contributed by atoms with Crippen molar-refractivity contribution in [2.24, 2.45) is 5.73 Å². The van der Waals surface area contributed by atoms with E-state index in [0.717, 1.165) is 24.3 Å². The summed E-state index contributed by atoms with van der Waals surface area (Å²) in [5.41, 5.74) is 5.24. The lowest BCUT2D eigenvalue weighted by Crippen LogP contribution is -2.17. The average Bonchev–Trinajstić information content (AvgIpc) is 2.14. The maximum Gasteiger partial charge on any atom is 0.573 e. The third-order valence-electron chi connectivity index (χ3n) is 1.82. The third-order valence-corrected chi connectivity index (χ3v) is 2.84. The zero-order chi connectivity index (χ0) is 13.3. The van der Waals surface area contributed by atoms with E-state index in [0.29, 0.717) is 0 Å². The Hall–Kier alpha value is -1.08. The van der Waals surface area contributed by atoms with Gasteiger partial charge in [-0.3, -0.25) is 4.57 Å². The minimum atomic E-state index is -4.81. The Morgan fingerprint density at radius 3 is 2.06 bits per heavy atom. The molecule has 1 rings (SSSR count). The summed E-state index contributed by atoms with van der Waals surface area (Å²) in [6.45, 7) is 0. The lowest BCUT2D eigenvalue weighted by molar-refractivity contribution is -0.274. The van der Waals surface area contributed by atoms with Crippen LogP contribution in [0.15, 0.2) is 24.3 Å². The van der Waals surface area contributed by atoms with Crippen LogP contribution in [-0.4, -0.2) is 16.1 Å². The molecule has 0 bridgehead atoms. The average molecular weight is 271 g/mol. The van der Waals surface area contributed by atoms with Gasteiger partial charge in [-0.25, -0.2) is 0 Å². The van der Waals surface area contributed by atoms with Crippen molar-refractivity contribution < 1.29 is 32.3 Å². The van der Waals surface area contributed by atoms with Gasteiger partial charge in [0.05, 0.1) is 0 Å². The highest BCUT2D eigenvalue weighted by atomic mass is 31.2. The number of benzene rings is 1. The van der Waals surface area contributed by atoms with E-state index in [4.69, 9.17) is 15.5 Å². The van der Waals surface area contributed by atoms with Gasteiger partial charge in [-0.1, -0.05) is 12.1 Å². The Balaban J connectivity index is 2.85. The normalized spacial score (nSPS) is 14.5. The second-order valence-corrected chi connectivity index (χ2v) is 4.89. The Bertz CT molecular complexity index is 427. The molecule has 0 saturated carbocycles. The molecule has 1 aromatic carbocycles. The molecule has 0 aromatic heterocycles. The molecular weight excluding hydrogens is 262 g/mol. The highest BCUT2D eigenvalue weighted by molar-refractivity contribution is 7.52. The minimum absolute atomic E-state index is 0.0212. The maximum atomic E-state index is 11.8. The molecule has 0 heterocycles. The highest BCUT2D eigenvalue weighted by Crippen LogP contribution is 2.48. The Morgan fingerprint density at radius 1 is 1.24 bits per heavy atom. The minimum Gasteiger partial charge on any atom is -0.406 e. The van der Waals surface area contributed by atoms with Crippen molar-refractivity contribution in [3.63, 3.8) is 0 Å². The van der Waals surface area contributed by atoms with Crippen molar-refractivity contribution in [2.45, 2.75) is 12.1 Å². The number of ether oxygens (including phenoxy) is 1. The molecule has 1 unspecified atom stereocenters. The predicted molar refractivity (Wildman–Crippen MR) is 52.1 cm³/mol. The standard InChI is InChI=1S/C8H9F3NO4P/c9-8(10,11)16-6-3-1-5(2-4-6)7(12)17(13,14)15/h1-4,7H,12H2,(H2,13,14,15). The number of rotatable bonds is 3. The van der Waals surface area contributed by atoms with Gasteiger partial charge in [-0.05, 0) is 17.7 Å². The first-order valence-corrected chi connectivity index (χ1v) is 5.94. The molecule has 0 fully saturated rings. The second-order valence-electron chi connectivity index (χ2n) is 3.15. The van der Waals surface area contributed by atoms with Gasteiger partial charge in [-0.2, -0.15) is 0 Å². The molecule has 96 valence electrons. The van der Waals surface area contributed by atoms with Crippen LogP contribution in [-0.2, 0) is 4.57 Å². The van der Waals surface area contributed by atoms with Crippen LogP contribution in [0.2, 0.25) is 0 Å². The number of nitrogens with two attached hydrogens (primary N) is 1. The summed E-state index contributed by atoms with van der Waals surface area (Å²) in [5, 5.41) is 0. The van der Waals surface area contributed by atoms with Gasteiger partial charge in [0.2, 0.25) is 0 Å². The Kier molecular flexibility index (Phi) is 3.83. The van der Waals surface area contributed by atoms with Crippen molar-refractivity contribution in [1.82, 2.24) is 0 Å². The van der Waals surface area contributed by atoms with Crippen LogP contribution in [0.25, 0.3) is 0 Å². The van der Waals surface area contributed by atoms with Gasteiger partial charge in [-0.15, -0.1) is 13.2 Å². The monoisotopic (exact) mass is 271 g/mol. The summed E-state index contributed by atoms with van der Waals surface area (Å²) in [7, 11) is -4.52. The molecule has 0 radical (unpaired) electrons. The molecule has 1 atom stereocenters. The predicted octanol–water partition coefficient (Wildman–Crippen LogP) is 1.72. The van der Waals surface area contributed by atoms with Crippen LogP contribution in [0.3, 0.4) is 0 Å². The smallest absolute Gasteiger partial charge is 0.406 e. The zero-order valence-electron chi connectivity index (χ0n) is 8.26. The summed E-state index contributed by atoms with van der Waals surface area (Å²) in [6, 6.07) is 3.98. The Labute approximate surface area is 94.2 Å². The van der Waals surface area contributed by atoms with E-state index in [1.807, 2.05) is 0 Å². The quantitative estimate of drug-likeness (QED) is 0.728. The molecule has 0 saturated heterocycles. The lowest BCUT2D eigenvalue weighted by Gasteiger charge is -2.14. The number of hydrogen-bond acceptors (Lipinski definition) is 3. The maximum absolute atomic E-state index is 11.8. The van der Waals surface area contributed by atoms with Gasteiger partial charge < -0.3 is 20.3 Å². The van der Waals surface area contributed by atoms with Crippen molar-refractivity contribution in [2.75, 3.05) is 0 Å². The highest BCUT2D eigenvalue weighted by Gasteiger charge is 2.31. The van der Waals surface area contributed by atoms with Crippen LogP contribution < -0.4 is 10.5 Å². The fourth-order valence-corrected chi connectivity index (χ4v) is 1.62. The second kappa shape index (κ2) is 4.66.